The second kappa shape index (κ2) is 7.58. The van der Waals surface area contributed by atoms with Gasteiger partial charge in [-0.15, -0.1) is 0 Å². The van der Waals surface area contributed by atoms with Gasteiger partial charge in [0.2, 0.25) is 6.79 Å². The molecule has 0 spiro atoms. The summed E-state index contributed by atoms with van der Waals surface area (Å²) in [7, 11) is 3.81. The van der Waals surface area contributed by atoms with Crippen molar-refractivity contribution in [2.24, 2.45) is 5.10 Å². The summed E-state index contributed by atoms with van der Waals surface area (Å²) in [6, 6.07) is 2.12. The summed E-state index contributed by atoms with van der Waals surface area (Å²) in [5, 5.41) is 16.2. The number of amides is 3. The first-order chi connectivity index (χ1) is 12.9. The minimum Gasteiger partial charge on any atom is -0.454 e. The number of nitro benzene ring substituents is 1. The molecule has 0 unspecified atom stereocenters. The highest BCUT2D eigenvalue weighted by Gasteiger charge is 2.35. The number of imide groups is 1. The number of benzene rings is 1. The van der Waals surface area contributed by atoms with Crippen LogP contribution in [-0.2, 0) is 4.79 Å². The molecule has 1 aromatic rings. The Morgan fingerprint density at radius 3 is 2.67 bits per heavy atom. The van der Waals surface area contributed by atoms with Crippen molar-refractivity contribution in [2.45, 2.75) is 6.42 Å². The van der Waals surface area contributed by atoms with Crippen molar-refractivity contribution in [3.63, 3.8) is 0 Å². The molecule has 11 heteroatoms. The molecule has 0 aliphatic carbocycles. The number of nitro groups is 1. The third-order valence-electron chi connectivity index (χ3n) is 4.08. The van der Waals surface area contributed by atoms with Gasteiger partial charge in [-0.1, -0.05) is 0 Å². The number of hydrazone groups is 1. The van der Waals surface area contributed by atoms with Crippen molar-refractivity contribution in [2.75, 3.05) is 40.5 Å². The number of hydrogen-bond acceptors (Lipinski definition) is 8. The van der Waals surface area contributed by atoms with Crippen molar-refractivity contribution >= 4 is 23.8 Å². The zero-order valence-corrected chi connectivity index (χ0v) is 15.0. The van der Waals surface area contributed by atoms with Gasteiger partial charge < -0.3 is 14.4 Å². The van der Waals surface area contributed by atoms with E-state index < -0.39 is 11.0 Å². The average Bonchev–Trinajstić information content (AvgIpc) is 3.17. The first kappa shape index (κ1) is 18.6. The van der Waals surface area contributed by atoms with Gasteiger partial charge in [0.25, 0.3) is 11.6 Å². The van der Waals surface area contributed by atoms with Crippen molar-refractivity contribution in [1.82, 2.24) is 14.8 Å². The molecule has 2 heterocycles. The second-order valence-corrected chi connectivity index (χ2v) is 6.31. The highest BCUT2D eigenvalue weighted by molar-refractivity contribution is 6.02. The molecule has 1 aromatic carbocycles. The lowest BCUT2D eigenvalue weighted by molar-refractivity contribution is -0.385. The van der Waals surface area contributed by atoms with Crippen LogP contribution in [0.5, 0.6) is 11.5 Å². The topological polar surface area (TPSA) is 118 Å². The predicted molar refractivity (Wildman–Crippen MR) is 93.8 cm³/mol. The maximum Gasteiger partial charge on any atom is 0.347 e. The second-order valence-electron chi connectivity index (χ2n) is 6.31. The fourth-order valence-electron chi connectivity index (χ4n) is 2.72. The number of carbonyl (C=O) groups is 2. The lowest BCUT2D eigenvalue weighted by Crippen LogP contribution is -2.33. The van der Waals surface area contributed by atoms with Crippen LogP contribution in [0, 0.1) is 10.1 Å². The van der Waals surface area contributed by atoms with E-state index in [1.54, 1.807) is 0 Å². The highest BCUT2D eigenvalue weighted by Crippen LogP contribution is 2.37. The molecular weight excluding hydrogens is 358 g/mol. The van der Waals surface area contributed by atoms with Crippen LogP contribution in [-0.4, -0.2) is 78.4 Å². The molecule has 1 fully saturated rings. The highest BCUT2D eigenvalue weighted by atomic mass is 16.7. The monoisotopic (exact) mass is 377 g/mol. The average molecular weight is 377 g/mol. The molecule has 11 nitrogen and oxygen atoms in total. The van der Waals surface area contributed by atoms with Gasteiger partial charge >= 0.3 is 6.03 Å². The normalized spacial score (nSPS) is 16.3. The summed E-state index contributed by atoms with van der Waals surface area (Å²) < 4.78 is 10.3. The van der Waals surface area contributed by atoms with Crippen LogP contribution < -0.4 is 9.47 Å². The number of rotatable bonds is 7. The SMILES string of the molecule is CN(C)CCCN1C(=O)CN(/N=C/c2cc3c(cc2[N+](=O)[O-])OCO3)C1=O. The van der Waals surface area contributed by atoms with Gasteiger partial charge in [-0.3, -0.25) is 19.8 Å². The summed E-state index contributed by atoms with van der Waals surface area (Å²) in [6.45, 7) is 0.819. The first-order valence-electron chi connectivity index (χ1n) is 8.25. The van der Waals surface area contributed by atoms with Crippen LogP contribution in [0.15, 0.2) is 17.2 Å². The van der Waals surface area contributed by atoms with E-state index in [1.807, 2.05) is 19.0 Å². The van der Waals surface area contributed by atoms with Gasteiger partial charge in [-0.05, 0) is 33.1 Å². The van der Waals surface area contributed by atoms with Gasteiger partial charge in [0.05, 0.1) is 22.8 Å². The van der Waals surface area contributed by atoms with Crippen molar-refractivity contribution in [3.05, 3.63) is 27.8 Å². The van der Waals surface area contributed by atoms with Gasteiger partial charge in [0.15, 0.2) is 11.5 Å². The molecule has 0 atom stereocenters. The third-order valence-corrected chi connectivity index (χ3v) is 4.08. The zero-order chi connectivity index (χ0) is 19.6. The lowest BCUT2D eigenvalue weighted by atomic mass is 10.1. The number of ether oxygens (including phenoxy) is 2. The Balaban J connectivity index is 1.74. The van der Waals surface area contributed by atoms with Gasteiger partial charge in [-0.25, -0.2) is 9.80 Å². The maximum atomic E-state index is 12.3. The molecule has 3 amide bonds. The Labute approximate surface area is 154 Å². The molecule has 0 saturated carbocycles. The van der Waals surface area contributed by atoms with Gasteiger partial charge in [0.1, 0.15) is 6.54 Å². The molecule has 144 valence electrons. The van der Waals surface area contributed by atoms with E-state index in [2.05, 4.69) is 5.10 Å². The van der Waals surface area contributed by atoms with E-state index in [1.165, 1.54) is 18.3 Å². The number of carbonyl (C=O) groups excluding carboxylic acids is 2. The first-order valence-corrected chi connectivity index (χ1v) is 8.25. The Morgan fingerprint density at radius 1 is 1.30 bits per heavy atom. The van der Waals surface area contributed by atoms with Crippen LogP contribution >= 0.6 is 0 Å². The summed E-state index contributed by atoms with van der Waals surface area (Å²) in [6.07, 6.45) is 1.82. The quantitative estimate of drug-likeness (QED) is 0.299. The molecule has 1 saturated heterocycles. The van der Waals surface area contributed by atoms with Crippen molar-refractivity contribution in [3.8, 4) is 11.5 Å². The Kier molecular flexibility index (Phi) is 5.21. The predicted octanol–water partition coefficient (Wildman–Crippen LogP) is 0.873. The summed E-state index contributed by atoms with van der Waals surface area (Å²) in [4.78, 5) is 38.2. The van der Waals surface area contributed by atoms with Gasteiger partial charge in [-0.2, -0.15) is 5.10 Å². The number of fused-ring (bicyclic) bond motifs is 1. The molecule has 27 heavy (non-hydrogen) atoms. The number of urea groups is 1. The molecule has 2 aliphatic rings. The van der Waals surface area contributed by atoms with Crippen LogP contribution in [0.1, 0.15) is 12.0 Å². The van der Waals surface area contributed by atoms with Crippen LogP contribution in [0.2, 0.25) is 0 Å². The maximum absolute atomic E-state index is 12.3. The Bertz CT molecular complexity index is 809. The number of hydrogen-bond donors (Lipinski definition) is 0. The van der Waals surface area contributed by atoms with E-state index in [9.17, 15) is 19.7 Å². The summed E-state index contributed by atoms with van der Waals surface area (Å²) >= 11 is 0. The fraction of sp³-hybridized carbons (Fsp3) is 0.438. The minimum atomic E-state index is -0.576. The van der Waals surface area contributed by atoms with Crippen LogP contribution in [0.3, 0.4) is 0 Å². The van der Waals surface area contributed by atoms with E-state index >= 15 is 0 Å². The largest absolute Gasteiger partial charge is 0.454 e. The molecule has 0 N–H and O–H groups in total. The van der Waals surface area contributed by atoms with Crippen LogP contribution in [0.4, 0.5) is 10.5 Å². The van der Waals surface area contributed by atoms with E-state index in [-0.39, 0.29) is 36.2 Å². The smallest absolute Gasteiger partial charge is 0.347 e. The van der Waals surface area contributed by atoms with E-state index in [0.29, 0.717) is 18.7 Å². The third kappa shape index (κ3) is 3.97. The number of nitrogens with zero attached hydrogens (tertiary/aromatic N) is 5. The molecule has 3 rings (SSSR count). The molecular formula is C16H19N5O6. The molecule has 0 radical (unpaired) electrons. The van der Waals surface area contributed by atoms with Crippen molar-refractivity contribution < 1.29 is 24.0 Å². The Hall–Kier alpha value is -3.21. The molecule has 2 aliphatic heterocycles. The summed E-state index contributed by atoms with van der Waals surface area (Å²) in [5.74, 6) is 0.283. The minimum absolute atomic E-state index is 0.0197. The lowest BCUT2D eigenvalue weighted by Gasteiger charge is -2.15. The van der Waals surface area contributed by atoms with Crippen LogP contribution in [0.25, 0.3) is 0 Å². The van der Waals surface area contributed by atoms with Crippen molar-refractivity contribution in [1.29, 1.82) is 0 Å². The Morgan fingerprint density at radius 2 is 2.00 bits per heavy atom. The standard InChI is InChI=1S/C16H19N5O6/c1-18(2)4-3-5-19-15(22)9-20(16(19)23)17-8-11-6-13-14(27-10-26-13)7-12(11)21(24)25/h6-8H,3-5,9-10H2,1-2H3/b17-8+. The fourth-order valence-corrected chi connectivity index (χ4v) is 2.72. The summed E-state index contributed by atoms with van der Waals surface area (Å²) in [5.41, 5.74) is -0.0839. The van der Waals surface area contributed by atoms with E-state index in [4.69, 9.17) is 9.47 Å². The van der Waals surface area contributed by atoms with Gasteiger partial charge in [0, 0.05) is 6.54 Å². The molecule has 0 bridgehead atoms. The molecule has 0 aromatic heterocycles. The van der Waals surface area contributed by atoms with E-state index in [0.717, 1.165) is 16.5 Å². The zero-order valence-electron chi connectivity index (χ0n) is 15.0.